The fourth-order valence-electron chi connectivity index (χ4n) is 3.28. The van der Waals surface area contributed by atoms with E-state index in [1.54, 1.807) is 0 Å². The van der Waals surface area contributed by atoms with Crippen molar-refractivity contribution in [1.29, 1.82) is 0 Å². The van der Waals surface area contributed by atoms with Gasteiger partial charge >= 0.3 is 0 Å². The lowest BCUT2D eigenvalue weighted by molar-refractivity contribution is -0.130. The molecule has 26 heavy (non-hydrogen) atoms. The summed E-state index contributed by atoms with van der Waals surface area (Å²) >= 11 is 5.22. The van der Waals surface area contributed by atoms with Crippen molar-refractivity contribution in [3.8, 4) is 0 Å². The van der Waals surface area contributed by atoms with E-state index in [0.29, 0.717) is 12.2 Å². The number of carbonyl (C=O) groups excluding carboxylic acids is 2. The van der Waals surface area contributed by atoms with E-state index in [2.05, 4.69) is 16.4 Å². The Morgan fingerprint density at radius 1 is 1.31 bits per heavy atom. The minimum absolute atomic E-state index is 0.117. The molecule has 0 radical (unpaired) electrons. The van der Waals surface area contributed by atoms with Crippen LogP contribution in [0.1, 0.15) is 37.7 Å². The first-order valence-electron chi connectivity index (χ1n) is 9.00. The summed E-state index contributed by atoms with van der Waals surface area (Å²) in [4.78, 5) is 30.8. The minimum atomic E-state index is -0.943. The molecular weight excluding hydrogens is 346 g/mol. The van der Waals surface area contributed by atoms with Crippen LogP contribution in [0.4, 0.5) is 5.69 Å². The number of carbonyl (C=O) groups is 2. The van der Waals surface area contributed by atoms with E-state index in [1.165, 1.54) is 29.5 Å². The molecule has 1 N–H and O–H groups in total. The number of allylic oxidation sites excluding steroid dienone is 1. The van der Waals surface area contributed by atoms with E-state index in [9.17, 15) is 9.59 Å². The third-order valence-electron chi connectivity index (χ3n) is 4.76. The molecule has 2 aliphatic rings. The molecular formula is C20H23N3O2S. The predicted molar refractivity (Wildman–Crippen MR) is 107 cm³/mol. The summed E-state index contributed by atoms with van der Waals surface area (Å²) in [7, 11) is 0. The Balaban J connectivity index is 1.70. The number of rotatable bonds is 5. The van der Waals surface area contributed by atoms with Crippen molar-refractivity contribution in [3.63, 3.8) is 0 Å². The molecule has 1 aromatic carbocycles. The molecule has 6 heteroatoms. The van der Waals surface area contributed by atoms with Crippen LogP contribution in [-0.2, 0) is 9.59 Å². The first-order valence-corrected chi connectivity index (χ1v) is 9.41. The van der Waals surface area contributed by atoms with Crippen LogP contribution in [0.15, 0.2) is 40.9 Å². The van der Waals surface area contributed by atoms with Crippen molar-refractivity contribution in [3.05, 3.63) is 41.5 Å². The largest absolute Gasteiger partial charge is 0.301 e. The molecule has 1 atom stereocenters. The number of benzene rings is 1. The van der Waals surface area contributed by atoms with Gasteiger partial charge in [0.25, 0.3) is 5.91 Å². The third-order valence-corrected chi connectivity index (χ3v) is 5.04. The highest BCUT2D eigenvalue weighted by Crippen LogP contribution is 2.24. The van der Waals surface area contributed by atoms with Crippen LogP contribution in [0, 0.1) is 12.8 Å². The maximum atomic E-state index is 12.9. The third kappa shape index (κ3) is 4.07. The summed E-state index contributed by atoms with van der Waals surface area (Å²) in [6.07, 6.45) is 9.42. The van der Waals surface area contributed by atoms with E-state index < -0.39 is 11.8 Å². The number of nitrogens with zero attached hydrogens (tertiary/aromatic N) is 2. The Morgan fingerprint density at radius 2 is 2.12 bits per heavy atom. The zero-order valence-corrected chi connectivity index (χ0v) is 15.7. The van der Waals surface area contributed by atoms with E-state index in [0.717, 1.165) is 24.8 Å². The molecule has 0 spiro atoms. The van der Waals surface area contributed by atoms with E-state index >= 15 is 0 Å². The first kappa shape index (κ1) is 18.5. The van der Waals surface area contributed by atoms with Gasteiger partial charge in [0.15, 0.2) is 11.0 Å². The van der Waals surface area contributed by atoms with Crippen LogP contribution >= 0.6 is 12.2 Å². The SMILES string of the molecule is Cc1ccccc1N1C(=O)[C@H](C=NCCC2=CCCCC2)C(=O)NC1=S. The molecule has 1 saturated heterocycles. The molecule has 1 aliphatic heterocycles. The molecule has 1 aliphatic carbocycles. The molecule has 0 bridgehead atoms. The van der Waals surface area contributed by atoms with Gasteiger partial charge in [0, 0.05) is 12.8 Å². The van der Waals surface area contributed by atoms with Crippen molar-refractivity contribution >= 4 is 41.0 Å². The van der Waals surface area contributed by atoms with Gasteiger partial charge in [-0.1, -0.05) is 29.8 Å². The van der Waals surface area contributed by atoms with Gasteiger partial charge in [-0.2, -0.15) is 0 Å². The Kier molecular flexibility index (Phi) is 5.93. The maximum absolute atomic E-state index is 12.9. The summed E-state index contributed by atoms with van der Waals surface area (Å²) in [5, 5.41) is 2.74. The van der Waals surface area contributed by atoms with Crippen LogP contribution < -0.4 is 10.2 Å². The quantitative estimate of drug-likeness (QED) is 0.375. The van der Waals surface area contributed by atoms with Crippen LogP contribution in [0.5, 0.6) is 0 Å². The van der Waals surface area contributed by atoms with Crippen LogP contribution in [0.3, 0.4) is 0 Å². The first-order chi connectivity index (χ1) is 12.6. The fourth-order valence-corrected chi connectivity index (χ4v) is 3.57. The number of hydrogen-bond donors (Lipinski definition) is 1. The molecule has 3 rings (SSSR count). The highest BCUT2D eigenvalue weighted by atomic mass is 32.1. The normalized spacial score (nSPS) is 21.1. The van der Waals surface area contributed by atoms with Gasteiger partial charge in [0.05, 0.1) is 5.69 Å². The topological polar surface area (TPSA) is 61.8 Å². The number of para-hydroxylation sites is 1. The number of amides is 2. The van der Waals surface area contributed by atoms with Crippen molar-refractivity contribution in [2.45, 2.75) is 39.0 Å². The number of thiocarbonyl (C=S) groups is 1. The number of nitrogens with one attached hydrogen (secondary N) is 1. The summed E-state index contributed by atoms with van der Waals surface area (Å²) in [6.45, 7) is 2.50. The average molecular weight is 369 g/mol. The molecule has 1 aromatic rings. The second-order valence-corrected chi connectivity index (χ2v) is 7.03. The molecule has 2 amide bonds. The fraction of sp³-hybridized carbons (Fsp3) is 0.400. The van der Waals surface area contributed by atoms with Crippen LogP contribution in [-0.4, -0.2) is 29.7 Å². The molecule has 5 nitrogen and oxygen atoms in total. The summed E-state index contributed by atoms with van der Waals surface area (Å²) in [5.41, 5.74) is 3.03. The highest BCUT2D eigenvalue weighted by Gasteiger charge is 2.38. The van der Waals surface area contributed by atoms with Gasteiger partial charge in [-0.05, 0) is 62.9 Å². The van der Waals surface area contributed by atoms with E-state index in [4.69, 9.17) is 12.2 Å². The smallest absolute Gasteiger partial charge is 0.251 e. The van der Waals surface area contributed by atoms with Gasteiger partial charge < -0.3 is 5.32 Å². The molecule has 0 aromatic heterocycles. The minimum Gasteiger partial charge on any atom is -0.301 e. The second kappa shape index (κ2) is 8.36. The van der Waals surface area contributed by atoms with Crippen molar-refractivity contribution in [1.82, 2.24) is 5.32 Å². The maximum Gasteiger partial charge on any atom is 0.251 e. The van der Waals surface area contributed by atoms with Crippen LogP contribution in [0.25, 0.3) is 0 Å². The van der Waals surface area contributed by atoms with Crippen molar-refractivity contribution in [2.75, 3.05) is 11.4 Å². The van der Waals surface area contributed by atoms with Gasteiger partial charge in [0.2, 0.25) is 5.91 Å². The summed E-state index contributed by atoms with van der Waals surface area (Å²) in [5.74, 6) is -1.71. The summed E-state index contributed by atoms with van der Waals surface area (Å²) < 4.78 is 0. The van der Waals surface area contributed by atoms with Gasteiger partial charge in [-0.15, -0.1) is 0 Å². The van der Waals surface area contributed by atoms with Gasteiger partial charge in [-0.25, -0.2) is 0 Å². The number of hydrogen-bond acceptors (Lipinski definition) is 4. The Morgan fingerprint density at radius 3 is 2.85 bits per heavy atom. The Bertz CT molecular complexity index is 785. The zero-order chi connectivity index (χ0) is 18.5. The van der Waals surface area contributed by atoms with Gasteiger partial charge in [-0.3, -0.25) is 19.5 Å². The number of aryl methyl sites for hydroxylation is 1. The lowest BCUT2D eigenvalue weighted by Gasteiger charge is -2.31. The number of anilines is 1. The second-order valence-electron chi connectivity index (χ2n) is 6.65. The molecule has 0 saturated carbocycles. The van der Waals surface area contributed by atoms with Gasteiger partial charge in [0.1, 0.15) is 0 Å². The molecule has 1 fully saturated rings. The summed E-state index contributed by atoms with van der Waals surface area (Å²) in [6, 6.07) is 7.47. The highest BCUT2D eigenvalue weighted by molar-refractivity contribution is 7.80. The van der Waals surface area contributed by atoms with Crippen LogP contribution in [0.2, 0.25) is 0 Å². The molecule has 136 valence electrons. The number of aliphatic imine (C=N–C) groups is 1. The lowest BCUT2D eigenvalue weighted by Crippen LogP contribution is -2.58. The molecule has 1 heterocycles. The standard InChI is InChI=1S/C20H23N3O2S/c1-14-7-5-6-10-17(14)23-19(25)16(18(24)22-20(23)26)13-21-12-11-15-8-3-2-4-9-15/h5-8,10,13,16H,2-4,9,11-12H2,1H3,(H,22,24,26)/t16-/m1/s1. The molecule has 0 unspecified atom stereocenters. The lowest BCUT2D eigenvalue weighted by atomic mass is 9.97. The van der Waals surface area contributed by atoms with E-state index in [-0.39, 0.29) is 11.0 Å². The average Bonchev–Trinajstić information content (AvgIpc) is 2.63. The Hall–Kier alpha value is -2.34. The van der Waals surface area contributed by atoms with E-state index in [1.807, 2.05) is 31.2 Å². The zero-order valence-electron chi connectivity index (χ0n) is 14.9. The Labute approximate surface area is 159 Å². The predicted octanol–water partition coefficient (Wildman–Crippen LogP) is 3.32. The van der Waals surface area contributed by atoms with Crippen molar-refractivity contribution < 1.29 is 9.59 Å². The monoisotopic (exact) mass is 369 g/mol. The van der Waals surface area contributed by atoms with Crippen molar-refractivity contribution in [2.24, 2.45) is 10.9 Å².